The summed E-state index contributed by atoms with van der Waals surface area (Å²) in [5.41, 5.74) is 1.04. The lowest BCUT2D eigenvalue weighted by Crippen LogP contribution is -2.38. The Morgan fingerprint density at radius 3 is 2.89 bits per heavy atom. The highest BCUT2D eigenvalue weighted by Crippen LogP contribution is 2.42. The quantitative estimate of drug-likeness (QED) is 0.889. The molecule has 0 saturated carbocycles. The number of ether oxygens (including phenoxy) is 1. The van der Waals surface area contributed by atoms with E-state index < -0.39 is 0 Å². The van der Waals surface area contributed by atoms with Gasteiger partial charge in [-0.3, -0.25) is 0 Å². The molecule has 1 N–H and O–H groups in total. The van der Waals surface area contributed by atoms with E-state index in [0.717, 1.165) is 16.8 Å². The maximum Gasteiger partial charge on any atom is 0.125 e. The number of nitrogens with one attached hydrogen (secondary N) is 1. The fraction of sp³-hybridized carbons (Fsp3) is 0.333. The van der Waals surface area contributed by atoms with Crippen molar-refractivity contribution in [3.05, 3.63) is 50.6 Å². The van der Waals surface area contributed by atoms with Crippen molar-refractivity contribution >= 4 is 27.3 Å². The van der Waals surface area contributed by atoms with Gasteiger partial charge in [0.2, 0.25) is 0 Å². The van der Waals surface area contributed by atoms with Crippen LogP contribution in [0, 0.1) is 0 Å². The van der Waals surface area contributed by atoms with Crippen LogP contribution in [0.25, 0.3) is 0 Å². The van der Waals surface area contributed by atoms with Gasteiger partial charge in [-0.05, 0) is 41.9 Å². The van der Waals surface area contributed by atoms with Crippen LogP contribution < -0.4 is 10.1 Å². The molecule has 0 radical (unpaired) electrons. The molecule has 0 spiro atoms. The smallest absolute Gasteiger partial charge is 0.125 e. The minimum atomic E-state index is -0.210. The van der Waals surface area contributed by atoms with E-state index in [0.29, 0.717) is 0 Å². The van der Waals surface area contributed by atoms with Gasteiger partial charge in [-0.15, -0.1) is 11.3 Å². The van der Waals surface area contributed by atoms with Crippen molar-refractivity contribution in [1.29, 1.82) is 0 Å². The van der Waals surface area contributed by atoms with Gasteiger partial charge >= 0.3 is 0 Å². The number of rotatable bonds is 3. The van der Waals surface area contributed by atoms with Crippen LogP contribution >= 0.6 is 27.3 Å². The summed E-state index contributed by atoms with van der Waals surface area (Å²) < 4.78 is 7.18. The second kappa shape index (κ2) is 4.93. The van der Waals surface area contributed by atoms with E-state index in [1.54, 1.807) is 11.3 Å². The zero-order chi connectivity index (χ0) is 13.5. The summed E-state index contributed by atoms with van der Waals surface area (Å²) in [5.74, 6) is 0.998. The van der Waals surface area contributed by atoms with Crippen LogP contribution in [0.5, 0.6) is 5.75 Å². The molecule has 2 nitrogen and oxygen atoms in total. The lowest BCUT2D eigenvalue weighted by atomic mass is 9.94. The van der Waals surface area contributed by atoms with Crippen molar-refractivity contribution in [2.45, 2.75) is 32.0 Å². The molecule has 19 heavy (non-hydrogen) atoms. The first-order chi connectivity index (χ1) is 9.06. The summed E-state index contributed by atoms with van der Waals surface area (Å²) >= 11 is 5.26. The van der Waals surface area contributed by atoms with Gasteiger partial charge in [0.15, 0.2) is 0 Å². The third kappa shape index (κ3) is 2.57. The first kappa shape index (κ1) is 13.2. The van der Waals surface area contributed by atoms with E-state index in [9.17, 15) is 0 Å². The van der Waals surface area contributed by atoms with Crippen LogP contribution in [0.1, 0.15) is 30.3 Å². The van der Waals surface area contributed by atoms with Crippen LogP contribution in [0.15, 0.2) is 40.2 Å². The number of halogens is 1. The first-order valence-electron chi connectivity index (χ1n) is 6.30. The average Bonchev–Trinajstić information content (AvgIpc) is 2.87. The van der Waals surface area contributed by atoms with Crippen molar-refractivity contribution in [3.8, 4) is 5.75 Å². The van der Waals surface area contributed by atoms with Gasteiger partial charge in [-0.2, -0.15) is 0 Å². The van der Waals surface area contributed by atoms with Crippen molar-refractivity contribution in [1.82, 2.24) is 5.32 Å². The maximum absolute atomic E-state index is 6.03. The molecule has 1 aromatic heterocycles. The fourth-order valence-electron chi connectivity index (χ4n) is 2.53. The molecule has 0 bridgehead atoms. The zero-order valence-electron chi connectivity index (χ0n) is 10.9. The summed E-state index contributed by atoms with van der Waals surface area (Å²) in [4.78, 5) is 1.33. The largest absolute Gasteiger partial charge is 0.486 e. The van der Waals surface area contributed by atoms with Crippen LogP contribution in [0.2, 0.25) is 0 Å². The predicted molar refractivity (Wildman–Crippen MR) is 82.7 cm³/mol. The molecular formula is C15H16BrNOS. The Labute approximate surface area is 125 Å². The maximum atomic E-state index is 6.03. The van der Waals surface area contributed by atoms with E-state index in [-0.39, 0.29) is 11.6 Å². The van der Waals surface area contributed by atoms with Gasteiger partial charge < -0.3 is 10.1 Å². The molecule has 3 rings (SSSR count). The average molecular weight is 338 g/mol. The van der Waals surface area contributed by atoms with Gasteiger partial charge in [0, 0.05) is 26.8 Å². The van der Waals surface area contributed by atoms with Gasteiger partial charge in [-0.1, -0.05) is 18.2 Å². The molecule has 4 heteroatoms. The SMILES string of the molecule is CC1(C)Oc2ccccc2C1NCc1cc(Br)cs1. The zero-order valence-corrected chi connectivity index (χ0v) is 13.3. The monoisotopic (exact) mass is 337 g/mol. The lowest BCUT2D eigenvalue weighted by Gasteiger charge is -2.27. The van der Waals surface area contributed by atoms with Gasteiger partial charge in [0.25, 0.3) is 0 Å². The number of thiophene rings is 1. The summed E-state index contributed by atoms with van der Waals surface area (Å²) in [5, 5.41) is 5.73. The number of fused-ring (bicyclic) bond motifs is 1. The number of benzene rings is 1. The van der Waals surface area contributed by atoms with E-state index in [4.69, 9.17) is 4.74 Å². The van der Waals surface area contributed by atoms with Crippen LogP contribution in [0.4, 0.5) is 0 Å². The number of hydrogen-bond acceptors (Lipinski definition) is 3. The Balaban J connectivity index is 1.79. The van der Waals surface area contributed by atoms with Crippen LogP contribution in [-0.4, -0.2) is 5.60 Å². The highest BCUT2D eigenvalue weighted by atomic mass is 79.9. The number of para-hydroxylation sites is 1. The first-order valence-corrected chi connectivity index (χ1v) is 7.98. The third-order valence-corrected chi connectivity index (χ3v) is 5.10. The Morgan fingerprint density at radius 1 is 1.37 bits per heavy atom. The Kier molecular flexibility index (Phi) is 3.41. The molecule has 1 aliphatic heterocycles. The van der Waals surface area contributed by atoms with E-state index >= 15 is 0 Å². The highest BCUT2D eigenvalue weighted by Gasteiger charge is 2.40. The lowest BCUT2D eigenvalue weighted by molar-refractivity contribution is 0.0959. The fourth-order valence-corrected chi connectivity index (χ4v) is 3.94. The van der Waals surface area contributed by atoms with Crippen LogP contribution in [0.3, 0.4) is 0 Å². The normalized spacial score (nSPS) is 20.1. The molecule has 1 atom stereocenters. The molecule has 100 valence electrons. The Hall–Kier alpha value is -0.840. The standard InChI is InChI=1S/C15H16BrNOS/c1-15(2)14(12-5-3-4-6-13(12)18-15)17-8-11-7-10(16)9-19-11/h3-7,9,14,17H,8H2,1-2H3. The molecule has 0 saturated heterocycles. The predicted octanol–water partition coefficient (Wildman–Crippen LogP) is 4.51. The molecule has 2 aromatic rings. The van der Waals surface area contributed by atoms with Crippen molar-refractivity contribution < 1.29 is 4.74 Å². The molecule has 1 unspecified atom stereocenters. The molecule has 1 aliphatic rings. The summed E-state index contributed by atoms with van der Waals surface area (Å²) in [6.07, 6.45) is 0. The summed E-state index contributed by atoms with van der Waals surface area (Å²) in [6, 6.07) is 10.7. The molecule has 1 aromatic carbocycles. The van der Waals surface area contributed by atoms with Gasteiger partial charge in [0.05, 0.1) is 6.04 Å². The van der Waals surface area contributed by atoms with Crippen molar-refractivity contribution in [2.24, 2.45) is 0 Å². The third-order valence-electron chi connectivity index (χ3n) is 3.40. The van der Waals surface area contributed by atoms with E-state index in [1.807, 2.05) is 12.1 Å². The van der Waals surface area contributed by atoms with Gasteiger partial charge in [0.1, 0.15) is 11.4 Å². The molecular weight excluding hydrogens is 322 g/mol. The van der Waals surface area contributed by atoms with Crippen molar-refractivity contribution in [2.75, 3.05) is 0 Å². The van der Waals surface area contributed by atoms with Crippen molar-refractivity contribution in [3.63, 3.8) is 0 Å². The summed E-state index contributed by atoms with van der Waals surface area (Å²) in [6.45, 7) is 5.13. The van der Waals surface area contributed by atoms with E-state index in [2.05, 4.69) is 58.7 Å². The Bertz CT molecular complexity index is 593. The minimum Gasteiger partial charge on any atom is -0.486 e. The number of hydrogen-bond donors (Lipinski definition) is 1. The second-order valence-corrected chi connectivity index (χ2v) is 7.20. The highest BCUT2D eigenvalue weighted by molar-refractivity contribution is 9.10. The van der Waals surface area contributed by atoms with Gasteiger partial charge in [-0.25, -0.2) is 0 Å². The molecule has 0 aliphatic carbocycles. The topological polar surface area (TPSA) is 21.3 Å². The molecule has 0 amide bonds. The minimum absolute atomic E-state index is 0.210. The van der Waals surface area contributed by atoms with Crippen LogP contribution in [-0.2, 0) is 6.54 Å². The van der Waals surface area contributed by atoms with E-state index in [1.165, 1.54) is 10.4 Å². The Morgan fingerprint density at radius 2 is 2.16 bits per heavy atom. The molecule has 2 heterocycles. The second-order valence-electron chi connectivity index (χ2n) is 5.29. The summed E-state index contributed by atoms with van der Waals surface area (Å²) in [7, 11) is 0. The molecule has 0 fully saturated rings.